The molecule has 1 aromatic carbocycles. The molecule has 0 saturated heterocycles. The van der Waals surface area contributed by atoms with Crippen LogP contribution in [0.5, 0.6) is 0 Å². The van der Waals surface area contributed by atoms with Gasteiger partial charge in [0, 0.05) is 18.7 Å². The SMILES string of the molecule is N/C(CCNc1cccc2c1CCCC2)=N\O. The van der Waals surface area contributed by atoms with Crippen LogP contribution < -0.4 is 11.1 Å². The second-order valence-corrected chi connectivity index (χ2v) is 4.42. The Bertz CT molecular complexity index is 415. The number of aryl methyl sites for hydroxylation is 1. The molecule has 0 aromatic heterocycles. The van der Waals surface area contributed by atoms with E-state index in [-0.39, 0.29) is 5.84 Å². The van der Waals surface area contributed by atoms with Crippen molar-refractivity contribution in [2.75, 3.05) is 11.9 Å². The number of nitrogens with one attached hydrogen (secondary N) is 1. The molecule has 17 heavy (non-hydrogen) atoms. The molecule has 4 N–H and O–H groups in total. The van der Waals surface area contributed by atoms with Gasteiger partial charge in [-0.25, -0.2) is 0 Å². The lowest BCUT2D eigenvalue weighted by molar-refractivity contribution is 0.317. The van der Waals surface area contributed by atoms with Gasteiger partial charge in [0.15, 0.2) is 0 Å². The zero-order valence-electron chi connectivity index (χ0n) is 9.95. The van der Waals surface area contributed by atoms with Crippen LogP contribution >= 0.6 is 0 Å². The lowest BCUT2D eigenvalue weighted by Crippen LogP contribution is -2.17. The second-order valence-electron chi connectivity index (χ2n) is 4.42. The van der Waals surface area contributed by atoms with E-state index < -0.39 is 0 Å². The lowest BCUT2D eigenvalue weighted by atomic mass is 9.90. The third-order valence-corrected chi connectivity index (χ3v) is 3.22. The highest BCUT2D eigenvalue weighted by molar-refractivity contribution is 5.80. The first-order valence-electron chi connectivity index (χ1n) is 6.12. The largest absolute Gasteiger partial charge is 0.409 e. The molecule has 1 aliphatic carbocycles. The molecule has 0 bridgehead atoms. The van der Waals surface area contributed by atoms with Gasteiger partial charge in [0.2, 0.25) is 0 Å². The number of amidine groups is 1. The Balaban J connectivity index is 2.01. The van der Waals surface area contributed by atoms with Gasteiger partial charge in [-0.15, -0.1) is 0 Å². The molecule has 0 heterocycles. The molecule has 4 heteroatoms. The van der Waals surface area contributed by atoms with Crippen molar-refractivity contribution >= 4 is 11.5 Å². The number of fused-ring (bicyclic) bond motifs is 1. The number of nitrogens with two attached hydrogens (primary N) is 1. The molecule has 0 atom stereocenters. The third kappa shape index (κ3) is 2.90. The monoisotopic (exact) mass is 233 g/mol. The van der Waals surface area contributed by atoms with Crippen molar-refractivity contribution in [3.8, 4) is 0 Å². The summed E-state index contributed by atoms with van der Waals surface area (Å²) in [5.41, 5.74) is 9.54. The highest BCUT2D eigenvalue weighted by Gasteiger charge is 2.12. The Morgan fingerprint density at radius 3 is 3.00 bits per heavy atom. The Labute approximate surface area is 102 Å². The summed E-state index contributed by atoms with van der Waals surface area (Å²) in [6.07, 6.45) is 5.46. The molecule has 2 rings (SSSR count). The molecule has 0 aliphatic heterocycles. The molecule has 4 nitrogen and oxygen atoms in total. The molecule has 0 amide bonds. The minimum atomic E-state index is 0.266. The Hall–Kier alpha value is -1.71. The van der Waals surface area contributed by atoms with Crippen molar-refractivity contribution in [3.05, 3.63) is 29.3 Å². The number of oxime groups is 1. The standard InChI is InChI=1S/C13H19N3O/c14-13(16-17)8-9-15-12-7-3-5-10-4-1-2-6-11(10)12/h3,5,7,15,17H,1-2,4,6,8-9H2,(H2,14,16). The first-order chi connectivity index (χ1) is 8.31. The maximum absolute atomic E-state index is 8.46. The molecule has 0 unspecified atom stereocenters. The molecule has 1 aromatic rings. The average molecular weight is 233 g/mol. The van der Waals surface area contributed by atoms with E-state index in [9.17, 15) is 0 Å². The van der Waals surface area contributed by atoms with Gasteiger partial charge in [-0.2, -0.15) is 0 Å². The number of benzene rings is 1. The van der Waals surface area contributed by atoms with Crippen molar-refractivity contribution in [1.82, 2.24) is 0 Å². The van der Waals surface area contributed by atoms with E-state index in [0.717, 1.165) is 6.42 Å². The van der Waals surface area contributed by atoms with Crippen molar-refractivity contribution in [2.45, 2.75) is 32.1 Å². The fourth-order valence-corrected chi connectivity index (χ4v) is 2.32. The van der Waals surface area contributed by atoms with E-state index >= 15 is 0 Å². The van der Waals surface area contributed by atoms with E-state index in [2.05, 4.69) is 28.7 Å². The number of hydrogen-bond donors (Lipinski definition) is 3. The quantitative estimate of drug-likeness (QED) is 0.323. The minimum Gasteiger partial charge on any atom is -0.409 e. The summed E-state index contributed by atoms with van der Waals surface area (Å²) in [7, 11) is 0. The van der Waals surface area contributed by atoms with Crippen LogP contribution in [0, 0.1) is 0 Å². The number of nitrogens with zero attached hydrogens (tertiary/aromatic N) is 1. The van der Waals surface area contributed by atoms with Crippen LogP contribution in [0.1, 0.15) is 30.4 Å². The first-order valence-corrected chi connectivity index (χ1v) is 6.12. The van der Waals surface area contributed by atoms with Gasteiger partial charge in [-0.1, -0.05) is 17.3 Å². The molecule has 1 aliphatic rings. The molecule has 0 fully saturated rings. The highest BCUT2D eigenvalue weighted by atomic mass is 16.4. The third-order valence-electron chi connectivity index (χ3n) is 3.22. The predicted octanol–water partition coefficient (Wildman–Crippen LogP) is 2.11. The minimum absolute atomic E-state index is 0.266. The van der Waals surface area contributed by atoms with E-state index in [4.69, 9.17) is 10.9 Å². The van der Waals surface area contributed by atoms with E-state index in [0.29, 0.717) is 13.0 Å². The highest BCUT2D eigenvalue weighted by Crippen LogP contribution is 2.27. The van der Waals surface area contributed by atoms with Crippen LogP contribution in [0.4, 0.5) is 5.69 Å². The summed E-state index contributed by atoms with van der Waals surface area (Å²) in [6, 6.07) is 6.41. The smallest absolute Gasteiger partial charge is 0.140 e. The second kappa shape index (κ2) is 5.57. The molecule has 0 spiro atoms. The summed E-state index contributed by atoms with van der Waals surface area (Å²) in [5.74, 6) is 0.266. The summed E-state index contributed by atoms with van der Waals surface area (Å²) in [5, 5.41) is 14.8. The maximum atomic E-state index is 8.46. The van der Waals surface area contributed by atoms with Crippen LogP contribution in [-0.4, -0.2) is 17.6 Å². The van der Waals surface area contributed by atoms with E-state index in [1.54, 1.807) is 0 Å². The van der Waals surface area contributed by atoms with Crippen molar-refractivity contribution < 1.29 is 5.21 Å². The van der Waals surface area contributed by atoms with Crippen LogP contribution in [0.3, 0.4) is 0 Å². The summed E-state index contributed by atoms with van der Waals surface area (Å²) in [6.45, 7) is 0.701. The fourth-order valence-electron chi connectivity index (χ4n) is 2.32. The van der Waals surface area contributed by atoms with Crippen LogP contribution in [0.2, 0.25) is 0 Å². The number of anilines is 1. The lowest BCUT2D eigenvalue weighted by Gasteiger charge is -2.20. The number of hydrogen-bond acceptors (Lipinski definition) is 3. The normalized spacial score (nSPS) is 15.4. The van der Waals surface area contributed by atoms with Gasteiger partial charge in [0.25, 0.3) is 0 Å². The topological polar surface area (TPSA) is 70.6 Å². The zero-order valence-corrected chi connectivity index (χ0v) is 9.95. The Morgan fingerprint density at radius 2 is 2.18 bits per heavy atom. The van der Waals surface area contributed by atoms with E-state index in [1.165, 1.54) is 36.1 Å². The Morgan fingerprint density at radius 1 is 1.35 bits per heavy atom. The molecule has 92 valence electrons. The van der Waals surface area contributed by atoms with Gasteiger partial charge in [-0.05, 0) is 42.9 Å². The molecular formula is C13H19N3O. The van der Waals surface area contributed by atoms with Gasteiger partial charge in [0.1, 0.15) is 5.84 Å². The van der Waals surface area contributed by atoms with Crippen molar-refractivity contribution in [3.63, 3.8) is 0 Å². The fraction of sp³-hybridized carbons (Fsp3) is 0.462. The van der Waals surface area contributed by atoms with Crippen LogP contribution in [0.25, 0.3) is 0 Å². The average Bonchev–Trinajstić information content (AvgIpc) is 2.39. The molecular weight excluding hydrogens is 214 g/mol. The summed E-state index contributed by atoms with van der Waals surface area (Å²) in [4.78, 5) is 0. The van der Waals surface area contributed by atoms with Crippen molar-refractivity contribution in [1.29, 1.82) is 0 Å². The van der Waals surface area contributed by atoms with E-state index in [1.807, 2.05) is 0 Å². The van der Waals surface area contributed by atoms with Gasteiger partial charge in [0.05, 0.1) is 0 Å². The van der Waals surface area contributed by atoms with Crippen LogP contribution in [-0.2, 0) is 12.8 Å². The van der Waals surface area contributed by atoms with Gasteiger partial charge in [-0.3, -0.25) is 0 Å². The number of rotatable bonds is 4. The van der Waals surface area contributed by atoms with Crippen molar-refractivity contribution in [2.24, 2.45) is 10.9 Å². The molecule has 0 saturated carbocycles. The predicted molar refractivity (Wildman–Crippen MR) is 69.6 cm³/mol. The van der Waals surface area contributed by atoms with Gasteiger partial charge >= 0.3 is 0 Å². The summed E-state index contributed by atoms with van der Waals surface area (Å²) < 4.78 is 0. The molecule has 0 radical (unpaired) electrons. The maximum Gasteiger partial charge on any atom is 0.140 e. The Kier molecular flexibility index (Phi) is 3.85. The summed E-state index contributed by atoms with van der Waals surface area (Å²) >= 11 is 0. The first kappa shape index (κ1) is 11.8. The van der Waals surface area contributed by atoms with Gasteiger partial charge < -0.3 is 16.3 Å². The zero-order chi connectivity index (χ0) is 12.1. The van der Waals surface area contributed by atoms with Crippen LogP contribution in [0.15, 0.2) is 23.4 Å².